The average molecular weight is 378 g/mol. The van der Waals surface area contributed by atoms with Crippen LogP contribution in [0.3, 0.4) is 0 Å². The Morgan fingerprint density at radius 2 is 1.92 bits per heavy atom. The fourth-order valence-corrected chi connectivity index (χ4v) is 2.79. The molecular formula is C14H15ClF3N5O2. The van der Waals surface area contributed by atoms with Crippen molar-refractivity contribution < 1.29 is 22.4 Å². The highest BCUT2D eigenvalue weighted by Crippen LogP contribution is 2.30. The molecule has 0 bridgehead atoms. The molecule has 1 unspecified atom stereocenters. The second-order valence-corrected chi connectivity index (χ2v) is 6.07. The third-order valence-corrected chi connectivity index (χ3v) is 4.26. The first-order chi connectivity index (χ1) is 11.8. The zero-order valence-electron chi connectivity index (χ0n) is 13.2. The summed E-state index contributed by atoms with van der Waals surface area (Å²) in [5, 5.41) is 3.12. The summed E-state index contributed by atoms with van der Waals surface area (Å²) in [7, 11) is 0. The summed E-state index contributed by atoms with van der Waals surface area (Å²) in [5.41, 5.74) is 0. The quantitative estimate of drug-likeness (QED) is 0.757. The van der Waals surface area contributed by atoms with Crippen LogP contribution < -0.4 is 9.64 Å². The van der Waals surface area contributed by atoms with Gasteiger partial charge >= 0.3 is 12.2 Å². The Balaban J connectivity index is 1.54. The number of ether oxygens (including phenoxy) is 1. The summed E-state index contributed by atoms with van der Waals surface area (Å²) in [5.74, 6) is -0.507. The number of anilines is 1. The minimum absolute atomic E-state index is 0.0969. The molecule has 25 heavy (non-hydrogen) atoms. The summed E-state index contributed by atoms with van der Waals surface area (Å²) < 4.78 is 48.1. The predicted molar refractivity (Wildman–Crippen MR) is 81.4 cm³/mol. The van der Waals surface area contributed by atoms with E-state index in [1.807, 2.05) is 6.92 Å². The van der Waals surface area contributed by atoms with E-state index in [2.05, 4.69) is 20.1 Å². The van der Waals surface area contributed by atoms with Gasteiger partial charge in [0.15, 0.2) is 5.75 Å². The van der Waals surface area contributed by atoms with Crippen molar-refractivity contribution in [3.63, 3.8) is 0 Å². The number of nitrogens with zero attached hydrogens (tertiary/aromatic N) is 5. The molecule has 3 rings (SSSR count). The van der Waals surface area contributed by atoms with E-state index in [-0.39, 0.29) is 23.3 Å². The first-order valence-corrected chi connectivity index (χ1v) is 8.01. The van der Waals surface area contributed by atoms with Crippen LogP contribution >= 0.6 is 11.6 Å². The molecule has 1 aliphatic heterocycles. The maximum absolute atomic E-state index is 12.5. The molecule has 0 spiro atoms. The Kier molecular flexibility index (Phi) is 4.98. The van der Waals surface area contributed by atoms with Crippen molar-refractivity contribution in [1.82, 2.24) is 20.1 Å². The summed E-state index contributed by atoms with van der Waals surface area (Å²) in [6.07, 6.45) is -0.266. The zero-order chi connectivity index (χ0) is 18.0. The Hall–Kier alpha value is -2.10. The fraction of sp³-hybridized carbons (Fsp3) is 0.571. The molecule has 0 aliphatic carbocycles. The topological polar surface area (TPSA) is 77.2 Å². The lowest BCUT2D eigenvalue weighted by atomic mass is 9.92. The van der Waals surface area contributed by atoms with Crippen LogP contribution in [-0.4, -0.2) is 39.3 Å². The molecule has 136 valence electrons. The average Bonchev–Trinajstić information content (AvgIpc) is 3.07. The van der Waals surface area contributed by atoms with Gasteiger partial charge in [-0.3, -0.25) is 0 Å². The Labute approximate surface area is 146 Å². The van der Waals surface area contributed by atoms with Gasteiger partial charge in [0.05, 0.1) is 18.5 Å². The molecule has 1 fully saturated rings. The number of aromatic nitrogens is 4. The summed E-state index contributed by atoms with van der Waals surface area (Å²) in [6.45, 7) is 2.95. The number of hydrogen-bond acceptors (Lipinski definition) is 7. The molecule has 0 amide bonds. The Morgan fingerprint density at radius 3 is 2.48 bits per heavy atom. The normalized spacial score (nSPS) is 17.6. The van der Waals surface area contributed by atoms with Crippen molar-refractivity contribution in [2.45, 2.75) is 32.0 Å². The van der Waals surface area contributed by atoms with Gasteiger partial charge in [-0.15, -0.1) is 0 Å². The smallest absolute Gasteiger partial charge is 0.455 e. The molecule has 7 nitrogen and oxygen atoms in total. The van der Waals surface area contributed by atoms with Crippen molar-refractivity contribution in [2.75, 3.05) is 18.0 Å². The standard InChI is InChI=1S/C14H15ClF3N5O2/c1-8(24-10-6-19-12(15)20-7-10)9-2-4-23(5-3-9)13-21-11(22-25-13)14(16,17)18/h6-9H,2-5H2,1H3. The molecule has 3 heterocycles. The first-order valence-electron chi connectivity index (χ1n) is 7.63. The van der Waals surface area contributed by atoms with Crippen LogP contribution in [0.25, 0.3) is 0 Å². The van der Waals surface area contributed by atoms with E-state index in [0.29, 0.717) is 18.8 Å². The SMILES string of the molecule is CC(Oc1cnc(Cl)nc1)C1CCN(c2nc(C(F)(F)F)no2)CC1. The van der Waals surface area contributed by atoms with E-state index in [0.717, 1.165) is 12.8 Å². The van der Waals surface area contributed by atoms with Gasteiger partial charge in [-0.05, 0) is 42.4 Å². The van der Waals surface area contributed by atoms with Gasteiger partial charge < -0.3 is 14.2 Å². The van der Waals surface area contributed by atoms with E-state index in [4.69, 9.17) is 20.9 Å². The lowest BCUT2D eigenvalue weighted by molar-refractivity contribution is -0.146. The van der Waals surface area contributed by atoms with Gasteiger partial charge in [0.2, 0.25) is 5.28 Å². The molecule has 1 aliphatic rings. The largest absolute Gasteiger partial charge is 0.487 e. The third-order valence-electron chi connectivity index (χ3n) is 4.06. The van der Waals surface area contributed by atoms with E-state index in [9.17, 15) is 13.2 Å². The number of piperidine rings is 1. The van der Waals surface area contributed by atoms with Crippen molar-refractivity contribution >= 4 is 17.6 Å². The van der Waals surface area contributed by atoms with Gasteiger partial charge in [0.25, 0.3) is 5.82 Å². The number of rotatable bonds is 4. The number of hydrogen-bond donors (Lipinski definition) is 0. The molecule has 0 radical (unpaired) electrons. The van der Waals surface area contributed by atoms with Gasteiger partial charge in [0.1, 0.15) is 0 Å². The minimum Gasteiger partial charge on any atom is -0.487 e. The predicted octanol–water partition coefficient (Wildman–Crippen LogP) is 3.22. The van der Waals surface area contributed by atoms with Crippen molar-refractivity contribution in [3.05, 3.63) is 23.5 Å². The lowest BCUT2D eigenvalue weighted by Gasteiger charge is -2.33. The van der Waals surface area contributed by atoms with Gasteiger partial charge in [0, 0.05) is 13.1 Å². The third kappa shape index (κ3) is 4.30. The molecule has 1 saturated heterocycles. The maximum Gasteiger partial charge on any atom is 0.455 e. The highest BCUT2D eigenvalue weighted by molar-refractivity contribution is 6.28. The molecule has 1 atom stereocenters. The lowest BCUT2D eigenvalue weighted by Crippen LogP contribution is -2.38. The van der Waals surface area contributed by atoms with Gasteiger partial charge in [-0.1, -0.05) is 0 Å². The van der Waals surface area contributed by atoms with Crippen LogP contribution in [0.2, 0.25) is 5.28 Å². The highest BCUT2D eigenvalue weighted by atomic mass is 35.5. The maximum atomic E-state index is 12.5. The van der Waals surface area contributed by atoms with Crippen LogP contribution in [0.1, 0.15) is 25.6 Å². The number of alkyl halides is 3. The van der Waals surface area contributed by atoms with E-state index in [1.165, 1.54) is 12.4 Å². The van der Waals surface area contributed by atoms with Crippen LogP contribution in [-0.2, 0) is 6.18 Å². The molecule has 0 aromatic carbocycles. The summed E-state index contributed by atoms with van der Waals surface area (Å²) in [4.78, 5) is 12.8. The van der Waals surface area contributed by atoms with Gasteiger partial charge in [-0.25, -0.2) is 9.97 Å². The molecule has 2 aromatic rings. The van der Waals surface area contributed by atoms with E-state index >= 15 is 0 Å². The zero-order valence-corrected chi connectivity index (χ0v) is 14.0. The van der Waals surface area contributed by atoms with Crippen LogP contribution in [0.5, 0.6) is 5.75 Å². The number of halogens is 4. The summed E-state index contributed by atoms with van der Waals surface area (Å²) >= 11 is 5.63. The summed E-state index contributed by atoms with van der Waals surface area (Å²) in [6, 6.07) is -0.106. The highest BCUT2D eigenvalue weighted by Gasteiger charge is 2.38. The Bertz CT molecular complexity index is 701. The van der Waals surface area contributed by atoms with E-state index < -0.39 is 12.0 Å². The second kappa shape index (κ2) is 7.03. The molecule has 2 aromatic heterocycles. The molecule has 0 saturated carbocycles. The first kappa shape index (κ1) is 17.7. The molecule has 0 N–H and O–H groups in total. The Morgan fingerprint density at radius 1 is 1.28 bits per heavy atom. The minimum atomic E-state index is -4.61. The fourth-order valence-electron chi connectivity index (χ4n) is 2.69. The van der Waals surface area contributed by atoms with Crippen LogP contribution in [0, 0.1) is 5.92 Å². The molecular weight excluding hydrogens is 363 g/mol. The van der Waals surface area contributed by atoms with Crippen molar-refractivity contribution in [2.24, 2.45) is 5.92 Å². The van der Waals surface area contributed by atoms with Crippen molar-refractivity contribution in [3.8, 4) is 5.75 Å². The second-order valence-electron chi connectivity index (χ2n) is 5.73. The van der Waals surface area contributed by atoms with Gasteiger partial charge in [-0.2, -0.15) is 18.2 Å². The van der Waals surface area contributed by atoms with E-state index in [1.54, 1.807) is 4.90 Å². The van der Waals surface area contributed by atoms with Crippen molar-refractivity contribution in [1.29, 1.82) is 0 Å². The molecule has 11 heteroatoms. The monoisotopic (exact) mass is 377 g/mol. The van der Waals surface area contributed by atoms with Crippen LogP contribution in [0.4, 0.5) is 19.2 Å². The van der Waals surface area contributed by atoms with Crippen LogP contribution in [0.15, 0.2) is 16.9 Å².